The van der Waals surface area contributed by atoms with Gasteiger partial charge in [-0.1, -0.05) is 6.07 Å². The first-order chi connectivity index (χ1) is 8.22. The fourth-order valence-corrected chi connectivity index (χ4v) is 1.39. The second-order valence-corrected chi connectivity index (χ2v) is 3.48. The van der Waals surface area contributed by atoms with Gasteiger partial charge in [0.2, 0.25) is 0 Å². The van der Waals surface area contributed by atoms with Crippen molar-refractivity contribution >= 4 is 0 Å². The molecule has 90 valence electrons. The molecule has 2 aromatic rings. The lowest BCUT2D eigenvalue weighted by Crippen LogP contribution is -2.00. The van der Waals surface area contributed by atoms with Gasteiger partial charge in [0.05, 0.1) is 7.11 Å². The lowest BCUT2D eigenvalue weighted by molar-refractivity contribution is 0.402. The number of methoxy groups -OCH3 is 1. The van der Waals surface area contributed by atoms with Crippen LogP contribution in [0.3, 0.4) is 0 Å². The molecule has 2 N–H and O–H groups in total. The molecule has 1 aromatic carbocycles. The third-order valence-corrected chi connectivity index (χ3v) is 2.27. The lowest BCUT2D eigenvalue weighted by atomic mass is 10.2. The molecule has 2 rings (SSSR count). The Kier molecular flexibility index (Phi) is 3.24. The monoisotopic (exact) mass is 234 g/mol. The molecule has 17 heavy (non-hydrogen) atoms. The number of nitrogens with two attached hydrogens (primary N) is 1. The molecule has 0 spiro atoms. The molecule has 1 aromatic heterocycles. The molecule has 0 fully saturated rings. The normalized spacial score (nSPS) is 10.3. The molecular formula is C11H14N4O2. The molecule has 0 amide bonds. The Bertz CT molecular complexity index is 510. The molecule has 0 radical (unpaired) electrons. The molecule has 0 saturated heterocycles. The zero-order chi connectivity index (χ0) is 12.3. The van der Waals surface area contributed by atoms with Crippen molar-refractivity contribution in [1.82, 2.24) is 14.8 Å². The topological polar surface area (TPSA) is 75.2 Å². The molecule has 1 heterocycles. The number of rotatable bonds is 4. The van der Waals surface area contributed by atoms with Gasteiger partial charge in [-0.3, -0.25) is 4.68 Å². The van der Waals surface area contributed by atoms with E-state index in [1.54, 1.807) is 31.2 Å². The van der Waals surface area contributed by atoms with E-state index >= 15 is 0 Å². The van der Waals surface area contributed by atoms with Crippen LogP contribution >= 0.6 is 0 Å². The summed E-state index contributed by atoms with van der Waals surface area (Å²) in [7, 11) is 3.37. The number of nitrogens with zero attached hydrogens (tertiary/aromatic N) is 3. The highest BCUT2D eigenvalue weighted by molar-refractivity contribution is 5.41. The van der Waals surface area contributed by atoms with E-state index in [-0.39, 0.29) is 6.01 Å². The van der Waals surface area contributed by atoms with Crippen LogP contribution in [-0.2, 0) is 13.6 Å². The van der Waals surface area contributed by atoms with Crippen LogP contribution in [0.15, 0.2) is 24.5 Å². The van der Waals surface area contributed by atoms with E-state index in [1.165, 1.54) is 0 Å². The summed E-state index contributed by atoms with van der Waals surface area (Å²) in [6, 6.07) is 5.74. The van der Waals surface area contributed by atoms with E-state index in [0.717, 1.165) is 5.56 Å². The number of aryl methyl sites for hydroxylation is 1. The van der Waals surface area contributed by atoms with Crippen LogP contribution in [0.4, 0.5) is 0 Å². The van der Waals surface area contributed by atoms with Crippen LogP contribution in [0.25, 0.3) is 0 Å². The zero-order valence-corrected chi connectivity index (χ0v) is 9.75. The highest BCUT2D eigenvalue weighted by Gasteiger charge is 2.08. The van der Waals surface area contributed by atoms with E-state index in [4.69, 9.17) is 15.2 Å². The summed E-state index contributed by atoms with van der Waals surface area (Å²) in [5.41, 5.74) is 6.51. The smallest absolute Gasteiger partial charge is 0.340 e. The van der Waals surface area contributed by atoms with Crippen LogP contribution in [0.1, 0.15) is 5.56 Å². The van der Waals surface area contributed by atoms with E-state index in [1.807, 2.05) is 12.1 Å². The summed E-state index contributed by atoms with van der Waals surface area (Å²) in [5.74, 6) is 1.31. The largest absolute Gasteiger partial charge is 0.497 e. The fraction of sp³-hybridized carbons (Fsp3) is 0.273. The van der Waals surface area contributed by atoms with Crippen molar-refractivity contribution in [2.24, 2.45) is 12.8 Å². The summed E-state index contributed by atoms with van der Waals surface area (Å²) in [4.78, 5) is 3.99. The molecule has 0 aliphatic carbocycles. The number of aromatic nitrogens is 3. The Morgan fingerprint density at radius 3 is 2.82 bits per heavy atom. The maximum atomic E-state index is 5.63. The minimum absolute atomic E-state index is 0.287. The van der Waals surface area contributed by atoms with Crippen molar-refractivity contribution in [2.45, 2.75) is 6.54 Å². The molecule has 6 nitrogen and oxygen atoms in total. The predicted octanol–water partition coefficient (Wildman–Crippen LogP) is 1.07. The average Bonchev–Trinajstić information content (AvgIpc) is 2.74. The van der Waals surface area contributed by atoms with Gasteiger partial charge in [-0.25, -0.2) is 0 Å². The summed E-state index contributed by atoms with van der Waals surface area (Å²) in [6.45, 7) is 0.381. The Hall–Kier alpha value is -2.08. The lowest BCUT2D eigenvalue weighted by Gasteiger charge is -2.08. The highest BCUT2D eigenvalue weighted by Crippen LogP contribution is 2.27. The quantitative estimate of drug-likeness (QED) is 0.856. The Labute approximate surface area is 99.0 Å². The first kappa shape index (κ1) is 11.4. The van der Waals surface area contributed by atoms with Crippen molar-refractivity contribution in [2.75, 3.05) is 7.11 Å². The third-order valence-electron chi connectivity index (χ3n) is 2.27. The molecule has 0 unspecified atom stereocenters. The van der Waals surface area contributed by atoms with Gasteiger partial charge in [0.15, 0.2) is 0 Å². The molecule has 6 heteroatoms. The molecule has 0 aliphatic rings. The van der Waals surface area contributed by atoms with Gasteiger partial charge in [0.25, 0.3) is 0 Å². The SMILES string of the molecule is COc1ccc(CN)c(Oc2ncn(C)n2)c1. The van der Waals surface area contributed by atoms with Gasteiger partial charge < -0.3 is 15.2 Å². The summed E-state index contributed by atoms with van der Waals surface area (Å²) in [6.07, 6.45) is 1.57. The average molecular weight is 234 g/mol. The minimum Gasteiger partial charge on any atom is -0.497 e. The van der Waals surface area contributed by atoms with E-state index in [2.05, 4.69) is 10.1 Å². The van der Waals surface area contributed by atoms with Crippen LogP contribution < -0.4 is 15.2 Å². The van der Waals surface area contributed by atoms with Gasteiger partial charge in [-0.15, -0.1) is 5.10 Å². The van der Waals surface area contributed by atoms with Crippen molar-refractivity contribution in [3.8, 4) is 17.5 Å². The number of ether oxygens (including phenoxy) is 2. The second kappa shape index (κ2) is 4.84. The summed E-state index contributed by atoms with van der Waals surface area (Å²) in [5, 5.41) is 4.04. The van der Waals surface area contributed by atoms with Crippen LogP contribution in [-0.4, -0.2) is 21.9 Å². The van der Waals surface area contributed by atoms with Crippen molar-refractivity contribution in [3.05, 3.63) is 30.1 Å². The van der Waals surface area contributed by atoms with Gasteiger partial charge >= 0.3 is 6.01 Å². The highest BCUT2D eigenvalue weighted by atomic mass is 16.5. The molecule has 0 bridgehead atoms. The van der Waals surface area contributed by atoms with Crippen molar-refractivity contribution in [1.29, 1.82) is 0 Å². The summed E-state index contributed by atoms with van der Waals surface area (Å²) < 4.78 is 12.3. The standard InChI is InChI=1S/C11H14N4O2/c1-15-7-13-11(14-15)17-10-5-9(16-2)4-3-8(10)6-12/h3-5,7H,6,12H2,1-2H3. The molecular weight excluding hydrogens is 220 g/mol. The molecule has 0 saturated carbocycles. The summed E-state index contributed by atoms with van der Waals surface area (Å²) >= 11 is 0. The van der Waals surface area contributed by atoms with Gasteiger partial charge in [-0.05, 0) is 6.07 Å². The minimum atomic E-state index is 0.287. The maximum absolute atomic E-state index is 5.63. The number of hydrogen-bond acceptors (Lipinski definition) is 5. The van der Waals surface area contributed by atoms with E-state index < -0.39 is 0 Å². The first-order valence-corrected chi connectivity index (χ1v) is 5.13. The van der Waals surface area contributed by atoms with Crippen LogP contribution in [0.2, 0.25) is 0 Å². The van der Waals surface area contributed by atoms with E-state index in [9.17, 15) is 0 Å². The fourth-order valence-electron chi connectivity index (χ4n) is 1.39. The molecule has 0 aliphatic heterocycles. The Morgan fingerprint density at radius 1 is 1.41 bits per heavy atom. The zero-order valence-electron chi connectivity index (χ0n) is 9.75. The molecule has 0 atom stereocenters. The van der Waals surface area contributed by atoms with Crippen LogP contribution in [0, 0.1) is 0 Å². The van der Waals surface area contributed by atoms with Gasteiger partial charge in [0.1, 0.15) is 17.8 Å². The Morgan fingerprint density at radius 2 is 2.24 bits per heavy atom. The number of benzene rings is 1. The van der Waals surface area contributed by atoms with E-state index in [0.29, 0.717) is 18.0 Å². The van der Waals surface area contributed by atoms with Gasteiger partial charge in [0, 0.05) is 25.2 Å². The van der Waals surface area contributed by atoms with Gasteiger partial charge in [-0.2, -0.15) is 4.98 Å². The first-order valence-electron chi connectivity index (χ1n) is 5.13. The Balaban J connectivity index is 2.29. The van der Waals surface area contributed by atoms with Crippen LogP contribution in [0.5, 0.6) is 17.5 Å². The third kappa shape index (κ3) is 2.54. The predicted molar refractivity (Wildman–Crippen MR) is 62.0 cm³/mol. The van der Waals surface area contributed by atoms with Crippen molar-refractivity contribution in [3.63, 3.8) is 0 Å². The maximum Gasteiger partial charge on any atom is 0.340 e. The van der Waals surface area contributed by atoms with Crippen molar-refractivity contribution < 1.29 is 9.47 Å². The number of hydrogen-bond donors (Lipinski definition) is 1. The second-order valence-electron chi connectivity index (χ2n) is 3.48.